The molecule has 0 radical (unpaired) electrons. The van der Waals surface area contributed by atoms with Crippen LogP contribution in [0.15, 0.2) is 12.1 Å². The van der Waals surface area contributed by atoms with Crippen LogP contribution in [0.5, 0.6) is 11.5 Å². The SMILES string of the molecule is COc1ccc(C2CC(=O)CCO2)c(Cl)c1OC. The average Bonchev–Trinajstić information content (AvgIpc) is 2.38. The summed E-state index contributed by atoms with van der Waals surface area (Å²) in [5.74, 6) is 1.23. The molecular weight excluding hydrogens is 256 g/mol. The van der Waals surface area contributed by atoms with Crippen molar-refractivity contribution in [1.82, 2.24) is 0 Å². The van der Waals surface area contributed by atoms with E-state index in [2.05, 4.69) is 0 Å². The van der Waals surface area contributed by atoms with Crippen molar-refractivity contribution in [3.8, 4) is 11.5 Å². The molecule has 0 amide bonds. The van der Waals surface area contributed by atoms with Crippen molar-refractivity contribution in [1.29, 1.82) is 0 Å². The highest BCUT2D eigenvalue weighted by atomic mass is 35.5. The first-order chi connectivity index (χ1) is 8.67. The summed E-state index contributed by atoms with van der Waals surface area (Å²) in [4.78, 5) is 11.5. The Labute approximate surface area is 111 Å². The van der Waals surface area contributed by atoms with Gasteiger partial charge in [0.2, 0.25) is 0 Å². The van der Waals surface area contributed by atoms with E-state index < -0.39 is 0 Å². The fraction of sp³-hybridized carbons (Fsp3) is 0.462. The molecule has 1 unspecified atom stereocenters. The van der Waals surface area contributed by atoms with Gasteiger partial charge in [-0.3, -0.25) is 4.79 Å². The molecule has 1 heterocycles. The van der Waals surface area contributed by atoms with Crippen LogP contribution in [0.25, 0.3) is 0 Å². The Morgan fingerprint density at radius 2 is 2.11 bits per heavy atom. The number of Topliss-reactive ketones (excluding diaryl/α,β-unsaturated/α-hetero) is 1. The molecule has 1 aliphatic heterocycles. The number of rotatable bonds is 3. The molecule has 1 aliphatic rings. The smallest absolute Gasteiger partial charge is 0.179 e. The zero-order chi connectivity index (χ0) is 13.1. The molecule has 1 aromatic rings. The van der Waals surface area contributed by atoms with Crippen LogP contribution in [0, 0.1) is 0 Å². The predicted octanol–water partition coefficient (Wildman–Crippen LogP) is 2.78. The Kier molecular flexibility index (Phi) is 4.09. The summed E-state index contributed by atoms with van der Waals surface area (Å²) >= 11 is 6.28. The number of carbonyl (C=O) groups excluding carboxylic acids is 1. The first kappa shape index (κ1) is 13.2. The van der Waals surface area contributed by atoms with Crippen LogP contribution in [-0.2, 0) is 9.53 Å². The summed E-state index contributed by atoms with van der Waals surface area (Å²) in [6.45, 7) is 0.439. The second-order valence-corrected chi connectivity index (χ2v) is 4.43. The average molecular weight is 271 g/mol. The van der Waals surface area contributed by atoms with Crippen LogP contribution in [0.3, 0.4) is 0 Å². The first-order valence-corrected chi connectivity index (χ1v) is 6.08. The maximum Gasteiger partial charge on any atom is 0.179 e. The van der Waals surface area contributed by atoms with E-state index in [0.717, 1.165) is 5.56 Å². The van der Waals surface area contributed by atoms with E-state index in [1.54, 1.807) is 13.2 Å². The van der Waals surface area contributed by atoms with E-state index in [-0.39, 0.29) is 11.9 Å². The summed E-state index contributed by atoms with van der Waals surface area (Å²) < 4.78 is 16.0. The Balaban J connectivity index is 2.36. The van der Waals surface area contributed by atoms with Crippen LogP contribution >= 0.6 is 11.6 Å². The topological polar surface area (TPSA) is 44.8 Å². The van der Waals surface area contributed by atoms with Crippen molar-refractivity contribution >= 4 is 17.4 Å². The molecule has 0 spiro atoms. The Bertz CT molecular complexity index is 459. The van der Waals surface area contributed by atoms with E-state index in [4.69, 9.17) is 25.8 Å². The molecule has 2 rings (SSSR count). The normalized spacial score (nSPS) is 19.7. The second kappa shape index (κ2) is 5.59. The Morgan fingerprint density at radius 1 is 1.33 bits per heavy atom. The third-order valence-corrected chi connectivity index (χ3v) is 3.36. The Morgan fingerprint density at radius 3 is 2.72 bits per heavy atom. The molecule has 0 bridgehead atoms. The molecule has 1 atom stereocenters. The number of halogens is 1. The highest BCUT2D eigenvalue weighted by Gasteiger charge is 2.26. The fourth-order valence-electron chi connectivity index (χ4n) is 2.04. The zero-order valence-corrected chi connectivity index (χ0v) is 11.1. The van der Waals surface area contributed by atoms with Crippen molar-refractivity contribution in [3.05, 3.63) is 22.7 Å². The molecule has 0 saturated carbocycles. The Hall–Kier alpha value is -1.26. The second-order valence-electron chi connectivity index (χ2n) is 4.06. The molecule has 4 nitrogen and oxygen atoms in total. The van der Waals surface area contributed by atoms with Crippen LogP contribution in [0.1, 0.15) is 24.5 Å². The summed E-state index contributed by atoms with van der Waals surface area (Å²) in [5, 5.41) is 0.441. The third-order valence-electron chi connectivity index (χ3n) is 2.97. The van der Waals surface area contributed by atoms with Crippen molar-refractivity contribution in [3.63, 3.8) is 0 Å². The van der Waals surface area contributed by atoms with Gasteiger partial charge in [0.1, 0.15) is 5.78 Å². The van der Waals surface area contributed by atoms with Gasteiger partial charge in [-0.25, -0.2) is 0 Å². The third kappa shape index (κ3) is 2.44. The molecule has 0 N–H and O–H groups in total. The van der Waals surface area contributed by atoms with Crippen molar-refractivity contribution < 1.29 is 19.0 Å². The maximum atomic E-state index is 11.5. The fourth-order valence-corrected chi connectivity index (χ4v) is 2.39. The van der Waals surface area contributed by atoms with Gasteiger partial charge < -0.3 is 14.2 Å². The molecule has 0 aromatic heterocycles. The minimum absolute atomic E-state index is 0.192. The van der Waals surface area contributed by atoms with Crippen molar-refractivity contribution in [2.75, 3.05) is 20.8 Å². The largest absolute Gasteiger partial charge is 0.493 e. The summed E-state index contributed by atoms with van der Waals surface area (Å²) in [6.07, 6.45) is 0.537. The monoisotopic (exact) mass is 270 g/mol. The number of carbonyl (C=O) groups is 1. The lowest BCUT2D eigenvalue weighted by Gasteiger charge is -2.24. The highest BCUT2D eigenvalue weighted by molar-refractivity contribution is 6.33. The van der Waals surface area contributed by atoms with Crippen LogP contribution in [0.4, 0.5) is 0 Å². The maximum absolute atomic E-state index is 11.5. The van der Waals surface area contributed by atoms with E-state index in [1.807, 2.05) is 6.07 Å². The quantitative estimate of drug-likeness (QED) is 0.847. The lowest BCUT2D eigenvalue weighted by molar-refractivity contribution is -0.128. The lowest BCUT2D eigenvalue weighted by Crippen LogP contribution is -2.19. The molecule has 98 valence electrons. The molecular formula is C13H15ClO4. The van der Waals surface area contributed by atoms with Gasteiger partial charge in [0.25, 0.3) is 0 Å². The van der Waals surface area contributed by atoms with Gasteiger partial charge >= 0.3 is 0 Å². The molecule has 1 aromatic carbocycles. The van der Waals surface area contributed by atoms with Crippen molar-refractivity contribution in [2.45, 2.75) is 18.9 Å². The molecule has 0 aliphatic carbocycles. The lowest BCUT2D eigenvalue weighted by atomic mass is 10.00. The van der Waals surface area contributed by atoms with Crippen molar-refractivity contribution in [2.24, 2.45) is 0 Å². The minimum Gasteiger partial charge on any atom is -0.493 e. The van der Waals surface area contributed by atoms with E-state index >= 15 is 0 Å². The van der Waals surface area contributed by atoms with Gasteiger partial charge in [0.15, 0.2) is 11.5 Å². The van der Waals surface area contributed by atoms with Gasteiger partial charge in [-0.05, 0) is 6.07 Å². The van der Waals surface area contributed by atoms with Gasteiger partial charge in [-0.1, -0.05) is 17.7 Å². The molecule has 5 heteroatoms. The van der Waals surface area contributed by atoms with E-state index in [1.165, 1.54) is 7.11 Å². The van der Waals surface area contributed by atoms with E-state index in [0.29, 0.717) is 36.0 Å². The molecule has 1 fully saturated rings. The summed E-state index contributed by atoms with van der Waals surface area (Å²) in [5.41, 5.74) is 0.766. The van der Waals surface area contributed by atoms with Gasteiger partial charge in [-0.2, -0.15) is 0 Å². The molecule has 18 heavy (non-hydrogen) atoms. The van der Waals surface area contributed by atoms with Gasteiger partial charge in [-0.15, -0.1) is 0 Å². The number of hydrogen-bond donors (Lipinski definition) is 0. The highest BCUT2D eigenvalue weighted by Crippen LogP contribution is 2.41. The number of benzene rings is 1. The minimum atomic E-state index is -0.293. The van der Waals surface area contributed by atoms with Gasteiger partial charge in [0, 0.05) is 18.4 Å². The predicted molar refractivity (Wildman–Crippen MR) is 67.5 cm³/mol. The summed E-state index contributed by atoms with van der Waals surface area (Å²) in [6, 6.07) is 3.58. The van der Waals surface area contributed by atoms with Crippen LogP contribution in [-0.4, -0.2) is 26.6 Å². The number of methoxy groups -OCH3 is 2. The van der Waals surface area contributed by atoms with Crippen LogP contribution < -0.4 is 9.47 Å². The standard InChI is InChI=1S/C13H15ClO4/c1-16-10-4-3-9(12(14)13(10)17-2)11-7-8(15)5-6-18-11/h3-4,11H,5-7H2,1-2H3. The van der Waals surface area contributed by atoms with Gasteiger partial charge in [0.05, 0.1) is 32.0 Å². The van der Waals surface area contributed by atoms with E-state index in [9.17, 15) is 4.79 Å². The molecule has 1 saturated heterocycles. The van der Waals surface area contributed by atoms with Crippen LogP contribution in [0.2, 0.25) is 5.02 Å². The first-order valence-electron chi connectivity index (χ1n) is 5.71. The summed E-state index contributed by atoms with van der Waals surface area (Å²) in [7, 11) is 3.08. The number of hydrogen-bond acceptors (Lipinski definition) is 4. The number of ketones is 1. The zero-order valence-electron chi connectivity index (χ0n) is 10.4. The number of ether oxygens (including phenoxy) is 3.